The van der Waals surface area contributed by atoms with E-state index in [9.17, 15) is 9.59 Å². The van der Waals surface area contributed by atoms with Crippen molar-refractivity contribution in [1.29, 1.82) is 0 Å². The van der Waals surface area contributed by atoms with Gasteiger partial charge < -0.3 is 14.2 Å². The van der Waals surface area contributed by atoms with Gasteiger partial charge in [-0.15, -0.1) is 0 Å². The van der Waals surface area contributed by atoms with E-state index in [1.165, 1.54) is 0 Å². The lowest BCUT2D eigenvalue weighted by Gasteiger charge is -2.12. The summed E-state index contributed by atoms with van der Waals surface area (Å²) in [7, 11) is 0. The van der Waals surface area contributed by atoms with Crippen LogP contribution in [0.1, 0.15) is 40.9 Å². The van der Waals surface area contributed by atoms with Crippen molar-refractivity contribution < 1.29 is 23.8 Å². The normalized spacial score (nSPS) is 14.3. The number of ketones is 1. The van der Waals surface area contributed by atoms with Crippen LogP contribution in [-0.2, 0) is 9.53 Å². The van der Waals surface area contributed by atoms with E-state index in [1.807, 2.05) is 31.2 Å². The van der Waals surface area contributed by atoms with Crippen molar-refractivity contribution in [3.63, 3.8) is 0 Å². The fraction of sp³-hybridized carbons (Fsp3) is 0.273. The summed E-state index contributed by atoms with van der Waals surface area (Å²) in [4.78, 5) is 24.3. The highest BCUT2D eigenvalue weighted by Crippen LogP contribution is 2.39. The lowest BCUT2D eigenvalue weighted by Crippen LogP contribution is -2.19. The van der Waals surface area contributed by atoms with Gasteiger partial charge in [0.2, 0.25) is 5.78 Å². The first-order valence-corrected chi connectivity index (χ1v) is 8.82. The molecule has 0 aliphatic carbocycles. The van der Waals surface area contributed by atoms with E-state index in [-0.39, 0.29) is 24.3 Å². The summed E-state index contributed by atoms with van der Waals surface area (Å²) in [5.41, 5.74) is 3.17. The van der Waals surface area contributed by atoms with Crippen LogP contribution in [0.5, 0.6) is 11.5 Å². The molecule has 0 bridgehead atoms. The van der Waals surface area contributed by atoms with Crippen molar-refractivity contribution in [2.24, 2.45) is 0 Å². The summed E-state index contributed by atoms with van der Waals surface area (Å²) in [5, 5.41) is 0. The maximum atomic E-state index is 12.6. The van der Waals surface area contributed by atoms with E-state index in [0.29, 0.717) is 22.6 Å². The molecule has 140 valence electrons. The number of esters is 1. The number of benzene rings is 2. The Kier molecular flexibility index (Phi) is 5.31. The highest BCUT2D eigenvalue weighted by atomic mass is 16.6. The molecule has 0 fully saturated rings. The molecule has 0 spiro atoms. The zero-order valence-electron chi connectivity index (χ0n) is 15.9. The monoisotopic (exact) mass is 366 g/mol. The summed E-state index contributed by atoms with van der Waals surface area (Å²) >= 11 is 0. The third-order valence-electron chi connectivity index (χ3n) is 4.09. The molecular weight excluding hydrogens is 344 g/mol. The van der Waals surface area contributed by atoms with Crippen LogP contribution in [-0.4, -0.2) is 24.5 Å². The van der Waals surface area contributed by atoms with E-state index in [0.717, 1.165) is 11.1 Å². The van der Waals surface area contributed by atoms with E-state index >= 15 is 0 Å². The maximum absolute atomic E-state index is 12.6. The smallest absolute Gasteiger partial charge is 0.344 e. The van der Waals surface area contributed by atoms with Crippen molar-refractivity contribution in [3.8, 4) is 11.5 Å². The molecule has 5 nitrogen and oxygen atoms in total. The fourth-order valence-corrected chi connectivity index (χ4v) is 2.87. The molecule has 0 saturated heterocycles. The zero-order valence-corrected chi connectivity index (χ0v) is 15.9. The van der Waals surface area contributed by atoms with E-state index < -0.39 is 5.97 Å². The van der Waals surface area contributed by atoms with Crippen LogP contribution in [0.3, 0.4) is 0 Å². The molecular formula is C22H22O5. The predicted octanol–water partition coefficient (Wildman–Crippen LogP) is 4.25. The highest BCUT2D eigenvalue weighted by molar-refractivity contribution is 6.15. The second-order valence-electron chi connectivity index (χ2n) is 6.75. The first-order valence-electron chi connectivity index (χ1n) is 8.82. The number of aryl methyl sites for hydroxylation is 1. The number of hydrogen-bond acceptors (Lipinski definition) is 5. The summed E-state index contributed by atoms with van der Waals surface area (Å²) < 4.78 is 16.4. The number of fused-ring (bicyclic) bond motifs is 1. The third kappa shape index (κ3) is 4.19. The van der Waals surface area contributed by atoms with Gasteiger partial charge in [0.1, 0.15) is 11.5 Å². The second kappa shape index (κ2) is 7.66. The van der Waals surface area contributed by atoms with Crippen molar-refractivity contribution in [3.05, 3.63) is 64.4 Å². The fourth-order valence-electron chi connectivity index (χ4n) is 2.87. The van der Waals surface area contributed by atoms with Gasteiger partial charge in [-0.2, -0.15) is 0 Å². The number of carbonyl (C=O) groups is 2. The molecule has 2 aromatic carbocycles. The number of hydrogen-bond donors (Lipinski definition) is 0. The summed E-state index contributed by atoms with van der Waals surface area (Å²) in [6, 6.07) is 11.2. The standard InChI is InChI=1S/C22H22O5/c1-13(2)26-20(23)12-25-18-9-8-17-21(24)19(27-22(17)15(18)4)11-16-7-5-6-14(3)10-16/h5-11,13H,12H2,1-4H3/b19-11-. The number of allylic oxidation sites excluding steroid dienone is 1. The molecule has 0 unspecified atom stereocenters. The first-order chi connectivity index (χ1) is 12.8. The average molecular weight is 366 g/mol. The molecule has 0 radical (unpaired) electrons. The van der Waals surface area contributed by atoms with Crippen LogP contribution >= 0.6 is 0 Å². The van der Waals surface area contributed by atoms with Gasteiger partial charge in [0.05, 0.1) is 11.7 Å². The Labute approximate surface area is 158 Å². The Hall–Kier alpha value is -3.08. The highest BCUT2D eigenvalue weighted by Gasteiger charge is 2.30. The van der Waals surface area contributed by atoms with Gasteiger partial charge >= 0.3 is 5.97 Å². The minimum absolute atomic E-state index is 0.166. The van der Waals surface area contributed by atoms with Gasteiger partial charge in [0, 0.05) is 5.56 Å². The second-order valence-corrected chi connectivity index (χ2v) is 6.75. The van der Waals surface area contributed by atoms with Gasteiger partial charge in [0.15, 0.2) is 12.4 Å². The van der Waals surface area contributed by atoms with Crippen LogP contribution < -0.4 is 9.47 Å². The summed E-state index contributed by atoms with van der Waals surface area (Å²) in [5.74, 6) is 0.616. The first kappa shape index (κ1) is 18.7. The van der Waals surface area contributed by atoms with Crippen molar-refractivity contribution in [1.82, 2.24) is 0 Å². The molecule has 1 aliphatic heterocycles. The van der Waals surface area contributed by atoms with Gasteiger partial charge in [-0.25, -0.2) is 4.79 Å². The molecule has 1 aliphatic rings. The lowest BCUT2D eigenvalue weighted by atomic mass is 10.1. The molecule has 2 aromatic rings. The Balaban J connectivity index is 1.80. The SMILES string of the molecule is Cc1cccc(/C=C2\Oc3c(ccc(OCC(=O)OC(C)C)c3C)C2=O)c1. The van der Waals surface area contributed by atoms with Crippen molar-refractivity contribution in [2.45, 2.75) is 33.8 Å². The Morgan fingerprint density at radius 1 is 1.19 bits per heavy atom. The largest absolute Gasteiger partial charge is 0.481 e. The number of Topliss-reactive ketones (excluding diaryl/α,β-unsaturated/α-hetero) is 1. The quantitative estimate of drug-likeness (QED) is 0.585. The molecule has 0 aromatic heterocycles. The molecule has 0 amide bonds. The molecule has 5 heteroatoms. The van der Waals surface area contributed by atoms with E-state index in [1.54, 1.807) is 39.0 Å². The zero-order chi connectivity index (χ0) is 19.6. The Morgan fingerprint density at radius 3 is 2.67 bits per heavy atom. The molecule has 0 saturated carbocycles. The minimum atomic E-state index is -0.443. The molecule has 27 heavy (non-hydrogen) atoms. The molecule has 0 atom stereocenters. The molecule has 1 heterocycles. The maximum Gasteiger partial charge on any atom is 0.344 e. The van der Waals surface area contributed by atoms with Gasteiger partial charge in [-0.1, -0.05) is 29.8 Å². The molecule has 3 rings (SSSR count). The van der Waals surface area contributed by atoms with Crippen molar-refractivity contribution >= 4 is 17.8 Å². The summed E-state index contributed by atoms with van der Waals surface area (Å²) in [6.07, 6.45) is 1.53. The number of carbonyl (C=O) groups excluding carboxylic acids is 2. The third-order valence-corrected chi connectivity index (χ3v) is 4.09. The number of rotatable bonds is 5. The summed E-state index contributed by atoms with van der Waals surface area (Å²) in [6.45, 7) is 7.15. The van der Waals surface area contributed by atoms with Crippen LogP contribution in [0.25, 0.3) is 6.08 Å². The van der Waals surface area contributed by atoms with Crippen LogP contribution in [0.15, 0.2) is 42.2 Å². The average Bonchev–Trinajstić information content (AvgIpc) is 2.91. The van der Waals surface area contributed by atoms with Gasteiger partial charge in [0.25, 0.3) is 0 Å². The minimum Gasteiger partial charge on any atom is -0.481 e. The molecule has 0 N–H and O–H groups in total. The predicted molar refractivity (Wildman–Crippen MR) is 102 cm³/mol. The Bertz CT molecular complexity index is 924. The van der Waals surface area contributed by atoms with E-state index in [2.05, 4.69) is 0 Å². The topological polar surface area (TPSA) is 61.8 Å². The van der Waals surface area contributed by atoms with Crippen LogP contribution in [0, 0.1) is 13.8 Å². The lowest BCUT2D eigenvalue weighted by molar-refractivity contribution is -0.149. The Morgan fingerprint density at radius 2 is 1.96 bits per heavy atom. The van der Waals surface area contributed by atoms with Crippen molar-refractivity contribution in [2.75, 3.05) is 6.61 Å². The van der Waals surface area contributed by atoms with Gasteiger partial charge in [-0.05, 0) is 51.5 Å². The number of ether oxygens (including phenoxy) is 3. The van der Waals surface area contributed by atoms with E-state index in [4.69, 9.17) is 14.2 Å². The van der Waals surface area contributed by atoms with Crippen LogP contribution in [0.2, 0.25) is 0 Å². The van der Waals surface area contributed by atoms with Gasteiger partial charge in [-0.3, -0.25) is 4.79 Å². The van der Waals surface area contributed by atoms with Crippen LogP contribution in [0.4, 0.5) is 0 Å².